The summed E-state index contributed by atoms with van der Waals surface area (Å²) < 4.78 is 0. The zero-order chi connectivity index (χ0) is 18.2. The normalized spacial score (nSPS) is 10.8. The van der Waals surface area contributed by atoms with Gasteiger partial charge < -0.3 is 15.5 Å². The summed E-state index contributed by atoms with van der Waals surface area (Å²) in [6.07, 6.45) is 2.69. The Balaban J connectivity index is 0.00000338. The van der Waals surface area contributed by atoms with E-state index in [1.54, 1.807) is 37.4 Å². The first-order valence-electron chi connectivity index (χ1n) is 8.16. The smallest absolute Gasteiger partial charge is 0.253 e. The third-order valence-electron chi connectivity index (χ3n) is 3.59. The minimum Gasteiger partial charge on any atom is -0.356 e. The van der Waals surface area contributed by atoms with E-state index in [1.807, 2.05) is 37.4 Å². The first-order chi connectivity index (χ1) is 12.0. The maximum Gasteiger partial charge on any atom is 0.253 e. The molecule has 1 aromatic heterocycles. The number of guanidine groups is 1. The maximum atomic E-state index is 12.0. The molecule has 1 aromatic carbocycles. The van der Waals surface area contributed by atoms with E-state index in [2.05, 4.69) is 20.6 Å². The molecule has 1 amide bonds. The van der Waals surface area contributed by atoms with Gasteiger partial charge in [0.1, 0.15) is 5.01 Å². The van der Waals surface area contributed by atoms with Crippen molar-refractivity contribution < 1.29 is 4.79 Å². The van der Waals surface area contributed by atoms with Crippen LogP contribution in [0.2, 0.25) is 0 Å². The van der Waals surface area contributed by atoms with Crippen molar-refractivity contribution in [3.8, 4) is 0 Å². The van der Waals surface area contributed by atoms with E-state index in [0.29, 0.717) is 12.1 Å². The fourth-order valence-corrected chi connectivity index (χ4v) is 3.03. The molecular formula is C18H26IN5OS. The Morgan fingerprint density at radius 3 is 2.69 bits per heavy atom. The van der Waals surface area contributed by atoms with Crippen LogP contribution in [0.25, 0.3) is 0 Å². The van der Waals surface area contributed by atoms with Crippen molar-refractivity contribution in [2.45, 2.75) is 19.9 Å². The fourth-order valence-electron chi connectivity index (χ4n) is 2.31. The average molecular weight is 487 g/mol. The van der Waals surface area contributed by atoms with E-state index < -0.39 is 0 Å². The third kappa shape index (κ3) is 6.91. The van der Waals surface area contributed by atoms with Gasteiger partial charge in [0.2, 0.25) is 0 Å². The van der Waals surface area contributed by atoms with Crippen molar-refractivity contribution in [3.63, 3.8) is 0 Å². The van der Waals surface area contributed by atoms with Gasteiger partial charge in [0.15, 0.2) is 5.96 Å². The van der Waals surface area contributed by atoms with Gasteiger partial charge in [-0.1, -0.05) is 12.1 Å². The number of hydrogen-bond donors (Lipinski definition) is 2. The molecule has 0 aliphatic carbocycles. The summed E-state index contributed by atoms with van der Waals surface area (Å²) in [6, 6.07) is 7.74. The first kappa shape index (κ1) is 22.4. The molecule has 0 saturated carbocycles. The van der Waals surface area contributed by atoms with Crippen LogP contribution in [0.4, 0.5) is 0 Å². The summed E-state index contributed by atoms with van der Waals surface area (Å²) in [4.78, 5) is 23.4. The number of nitrogens with one attached hydrogen (secondary N) is 2. The molecule has 0 spiro atoms. The number of hydrogen-bond acceptors (Lipinski definition) is 4. The molecule has 2 N–H and O–H groups in total. The van der Waals surface area contributed by atoms with E-state index >= 15 is 0 Å². The molecule has 0 atom stereocenters. The number of rotatable bonds is 6. The summed E-state index contributed by atoms with van der Waals surface area (Å²) in [5, 5.41) is 7.58. The number of halogens is 1. The van der Waals surface area contributed by atoms with Crippen LogP contribution in [-0.2, 0) is 13.0 Å². The SMILES string of the molecule is CN=C(NCCc1cccc(C(=O)N(C)C)c1)NCc1ncc(C)s1.I. The van der Waals surface area contributed by atoms with Gasteiger partial charge in [-0.2, -0.15) is 0 Å². The summed E-state index contributed by atoms with van der Waals surface area (Å²) in [5.74, 6) is 0.763. The molecule has 0 fully saturated rings. The van der Waals surface area contributed by atoms with Crippen molar-refractivity contribution in [1.29, 1.82) is 0 Å². The molecule has 0 saturated heterocycles. The van der Waals surface area contributed by atoms with Crippen LogP contribution >= 0.6 is 35.3 Å². The lowest BCUT2D eigenvalue weighted by Crippen LogP contribution is -2.37. The monoisotopic (exact) mass is 487 g/mol. The number of amides is 1. The highest BCUT2D eigenvalue weighted by atomic mass is 127. The lowest BCUT2D eigenvalue weighted by Gasteiger charge is -2.12. The van der Waals surface area contributed by atoms with Gasteiger partial charge in [0, 0.05) is 44.3 Å². The molecule has 0 bridgehead atoms. The molecule has 142 valence electrons. The fraction of sp³-hybridized carbons (Fsp3) is 0.389. The Bertz CT molecular complexity index is 745. The molecule has 0 unspecified atom stereocenters. The molecule has 2 aromatic rings. The van der Waals surface area contributed by atoms with E-state index in [9.17, 15) is 4.79 Å². The lowest BCUT2D eigenvalue weighted by molar-refractivity contribution is 0.0827. The number of carbonyl (C=O) groups is 1. The van der Waals surface area contributed by atoms with Crippen molar-refractivity contribution in [2.75, 3.05) is 27.7 Å². The Kier molecular flexibility index (Phi) is 9.57. The maximum absolute atomic E-state index is 12.0. The van der Waals surface area contributed by atoms with E-state index in [-0.39, 0.29) is 29.9 Å². The van der Waals surface area contributed by atoms with Gasteiger partial charge in [-0.3, -0.25) is 9.79 Å². The number of aliphatic imine (C=N–C) groups is 1. The molecule has 2 rings (SSSR count). The van der Waals surface area contributed by atoms with Crippen molar-refractivity contribution in [2.24, 2.45) is 4.99 Å². The number of carbonyl (C=O) groups excluding carboxylic acids is 1. The van der Waals surface area contributed by atoms with E-state index in [1.165, 1.54) is 4.88 Å². The van der Waals surface area contributed by atoms with Crippen molar-refractivity contribution in [1.82, 2.24) is 20.5 Å². The summed E-state index contributed by atoms with van der Waals surface area (Å²) in [7, 11) is 5.27. The second-order valence-corrected chi connectivity index (χ2v) is 7.19. The Morgan fingerprint density at radius 1 is 1.31 bits per heavy atom. The summed E-state index contributed by atoms with van der Waals surface area (Å²) in [5.41, 5.74) is 1.83. The highest BCUT2D eigenvalue weighted by Crippen LogP contribution is 2.10. The minimum absolute atomic E-state index is 0. The Labute approximate surface area is 176 Å². The van der Waals surface area contributed by atoms with E-state index in [0.717, 1.165) is 29.5 Å². The number of aromatic nitrogens is 1. The van der Waals surface area contributed by atoms with Crippen LogP contribution in [0, 0.1) is 6.92 Å². The van der Waals surface area contributed by atoms with Crippen LogP contribution in [0.1, 0.15) is 25.8 Å². The quantitative estimate of drug-likeness (QED) is 0.374. The van der Waals surface area contributed by atoms with Crippen molar-refractivity contribution >= 4 is 47.2 Å². The molecule has 0 aliphatic heterocycles. The topological polar surface area (TPSA) is 69.6 Å². The van der Waals surface area contributed by atoms with Crippen LogP contribution < -0.4 is 10.6 Å². The summed E-state index contributed by atoms with van der Waals surface area (Å²) >= 11 is 1.68. The molecule has 8 heteroatoms. The lowest BCUT2D eigenvalue weighted by atomic mass is 10.1. The van der Waals surface area contributed by atoms with Gasteiger partial charge in [0.05, 0.1) is 6.54 Å². The number of aryl methyl sites for hydroxylation is 1. The van der Waals surface area contributed by atoms with Gasteiger partial charge >= 0.3 is 0 Å². The van der Waals surface area contributed by atoms with Gasteiger partial charge in [-0.15, -0.1) is 35.3 Å². The standard InChI is InChI=1S/C18H25N5OS.HI/c1-13-11-21-16(25-13)12-22-18(19-2)20-9-8-14-6-5-7-15(10-14)17(24)23(3)4;/h5-7,10-11H,8-9,12H2,1-4H3,(H2,19,20,22);1H. The molecule has 26 heavy (non-hydrogen) atoms. The van der Waals surface area contributed by atoms with Crippen LogP contribution in [0.15, 0.2) is 35.5 Å². The molecule has 6 nitrogen and oxygen atoms in total. The molecule has 0 radical (unpaired) electrons. The Hall–Kier alpha value is -1.68. The number of thiazole rings is 1. The predicted octanol–water partition coefficient (Wildman–Crippen LogP) is 2.68. The molecule has 0 aliphatic rings. The van der Waals surface area contributed by atoms with Crippen LogP contribution in [-0.4, -0.2) is 49.4 Å². The van der Waals surface area contributed by atoms with Crippen molar-refractivity contribution in [3.05, 3.63) is 51.5 Å². The highest BCUT2D eigenvalue weighted by Gasteiger charge is 2.08. The van der Waals surface area contributed by atoms with Crippen LogP contribution in [0.3, 0.4) is 0 Å². The largest absolute Gasteiger partial charge is 0.356 e. The Morgan fingerprint density at radius 2 is 2.08 bits per heavy atom. The van der Waals surface area contributed by atoms with Gasteiger partial charge in [-0.25, -0.2) is 4.98 Å². The zero-order valence-electron chi connectivity index (χ0n) is 15.6. The van der Waals surface area contributed by atoms with Gasteiger partial charge in [0.25, 0.3) is 5.91 Å². The average Bonchev–Trinajstić information content (AvgIpc) is 3.02. The first-order valence-corrected chi connectivity index (χ1v) is 8.97. The highest BCUT2D eigenvalue weighted by molar-refractivity contribution is 14.0. The third-order valence-corrected chi connectivity index (χ3v) is 4.50. The second kappa shape index (κ2) is 11.1. The van der Waals surface area contributed by atoms with E-state index in [4.69, 9.17) is 0 Å². The predicted molar refractivity (Wildman–Crippen MR) is 119 cm³/mol. The van der Waals surface area contributed by atoms with Gasteiger partial charge in [-0.05, 0) is 31.0 Å². The minimum atomic E-state index is 0. The number of benzene rings is 1. The van der Waals surface area contributed by atoms with Crippen LogP contribution in [0.5, 0.6) is 0 Å². The molecule has 1 heterocycles. The number of nitrogens with zero attached hydrogens (tertiary/aromatic N) is 3. The summed E-state index contributed by atoms with van der Waals surface area (Å²) in [6.45, 7) is 3.44. The zero-order valence-corrected chi connectivity index (χ0v) is 18.7. The second-order valence-electron chi connectivity index (χ2n) is 5.87. The molecular weight excluding hydrogens is 461 g/mol.